The third-order valence-electron chi connectivity index (χ3n) is 2.69. The lowest BCUT2D eigenvalue weighted by molar-refractivity contribution is -0.121. The monoisotopic (exact) mass is 320 g/mol. The molecule has 1 rings (SSSR count). The first kappa shape index (κ1) is 19.2. The van der Waals surface area contributed by atoms with E-state index in [1.165, 1.54) is 0 Å². The van der Waals surface area contributed by atoms with Crippen LogP contribution in [0.5, 0.6) is 0 Å². The average Bonchev–Trinajstić information content (AvgIpc) is 2.42. The van der Waals surface area contributed by atoms with Gasteiger partial charge >= 0.3 is 0 Å². The fourth-order valence-electron chi connectivity index (χ4n) is 1.63. The van der Waals surface area contributed by atoms with Crippen LogP contribution in [0.4, 0.5) is 0 Å². The summed E-state index contributed by atoms with van der Waals surface area (Å²) in [4.78, 5) is 11.6. The predicted molar refractivity (Wildman–Crippen MR) is 84.8 cm³/mol. The minimum atomic E-state index is 0. The molecule has 0 aromatic heterocycles. The zero-order chi connectivity index (χ0) is 13.9. The molecule has 6 heteroatoms. The van der Waals surface area contributed by atoms with Crippen LogP contribution in [0.25, 0.3) is 0 Å². The fourth-order valence-corrected chi connectivity index (χ4v) is 1.86. The Morgan fingerprint density at radius 2 is 2.00 bits per heavy atom. The number of ether oxygens (including phenoxy) is 1. The Hall–Kier alpha value is -0.810. The summed E-state index contributed by atoms with van der Waals surface area (Å²) < 4.78 is 4.91. The molecule has 0 radical (unpaired) electrons. The number of rotatable bonds is 9. The first-order chi connectivity index (χ1) is 9.24. The Morgan fingerprint density at radius 1 is 1.25 bits per heavy atom. The second-order valence-corrected chi connectivity index (χ2v) is 4.59. The van der Waals surface area contributed by atoms with Gasteiger partial charge in [0.2, 0.25) is 5.91 Å². The quantitative estimate of drug-likeness (QED) is 0.685. The summed E-state index contributed by atoms with van der Waals surface area (Å²) in [5.74, 6) is 0.0495. The van der Waals surface area contributed by atoms with Gasteiger partial charge in [0.15, 0.2) is 0 Å². The molecule has 2 N–H and O–H groups in total. The van der Waals surface area contributed by atoms with Crippen LogP contribution in [0.2, 0.25) is 5.02 Å². The second kappa shape index (κ2) is 12.0. The highest BCUT2D eigenvalue weighted by atomic mass is 35.5. The van der Waals surface area contributed by atoms with Crippen molar-refractivity contribution in [3.05, 3.63) is 34.9 Å². The van der Waals surface area contributed by atoms with Crippen molar-refractivity contribution in [2.45, 2.75) is 12.8 Å². The maximum Gasteiger partial charge on any atom is 0.220 e. The number of benzene rings is 1. The smallest absolute Gasteiger partial charge is 0.220 e. The highest BCUT2D eigenvalue weighted by Crippen LogP contribution is 2.16. The van der Waals surface area contributed by atoms with Crippen LogP contribution in [0.1, 0.15) is 12.0 Å². The van der Waals surface area contributed by atoms with Crippen molar-refractivity contribution in [1.29, 1.82) is 0 Å². The maximum atomic E-state index is 11.6. The molecule has 4 nitrogen and oxygen atoms in total. The van der Waals surface area contributed by atoms with Gasteiger partial charge in [-0.25, -0.2) is 0 Å². The normalized spacial score (nSPS) is 9.90. The van der Waals surface area contributed by atoms with Gasteiger partial charge in [-0.1, -0.05) is 29.8 Å². The van der Waals surface area contributed by atoms with E-state index in [4.69, 9.17) is 16.3 Å². The van der Waals surface area contributed by atoms with Crippen LogP contribution in [0.3, 0.4) is 0 Å². The van der Waals surface area contributed by atoms with E-state index in [0.717, 1.165) is 23.7 Å². The van der Waals surface area contributed by atoms with Crippen molar-refractivity contribution in [3.8, 4) is 0 Å². The minimum Gasteiger partial charge on any atom is -0.383 e. The summed E-state index contributed by atoms with van der Waals surface area (Å²) in [6, 6.07) is 7.60. The van der Waals surface area contributed by atoms with Gasteiger partial charge in [0.1, 0.15) is 0 Å². The third-order valence-corrected chi connectivity index (χ3v) is 3.05. The van der Waals surface area contributed by atoms with Crippen molar-refractivity contribution in [2.24, 2.45) is 0 Å². The van der Waals surface area contributed by atoms with E-state index in [-0.39, 0.29) is 18.3 Å². The number of aryl methyl sites for hydroxylation is 1. The molecule has 0 spiro atoms. The molecule has 1 aromatic rings. The minimum absolute atomic E-state index is 0. The lowest BCUT2D eigenvalue weighted by Crippen LogP contribution is -2.33. The topological polar surface area (TPSA) is 50.4 Å². The molecule has 0 unspecified atom stereocenters. The molecule has 0 aliphatic rings. The van der Waals surface area contributed by atoms with E-state index >= 15 is 0 Å². The molecule has 0 aliphatic heterocycles. The Balaban J connectivity index is 0.00000361. The van der Waals surface area contributed by atoms with Crippen molar-refractivity contribution in [3.63, 3.8) is 0 Å². The molecular weight excluding hydrogens is 299 g/mol. The predicted octanol–water partition coefficient (Wildman–Crippen LogP) is 2.05. The lowest BCUT2D eigenvalue weighted by Gasteiger charge is -2.07. The third kappa shape index (κ3) is 8.38. The molecule has 0 atom stereocenters. The Kier molecular flexibility index (Phi) is 11.5. The Morgan fingerprint density at radius 3 is 2.70 bits per heavy atom. The summed E-state index contributed by atoms with van der Waals surface area (Å²) in [5, 5.41) is 6.75. The van der Waals surface area contributed by atoms with Crippen molar-refractivity contribution in [1.82, 2.24) is 10.6 Å². The van der Waals surface area contributed by atoms with E-state index in [9.17, 15) is 4.79 Å². The van der Waals surface area contributed by atoms with Gasteiger partial charge in [0.25, 0.3) is 0 Å². The number of carbonyl (C=O) groups is 1. The standard InChI is InChI=1S/C14H21ClN2O2.ClH/c1-19-11-10-16-8-9-17-14(18)7-6-12-4-2-3-5-13(12)15;/h2-5,16H,6-11H2,1H3,(H,17,18);1H. The number of hydrogen-bond acceptors (Lipinski definition) is 3. The highest BCUT2D eigenvalue weighted by Gasteiger charge is 2.04. The molecule has 1 amide bonds. The summed E-state index contributed by atoms with van der Waals surface area (Å²) in [5.41, 5.74) is 1.01. The Bertz CT molecular complexity index is 389. The van der Waals surface area contributed by atoms with Gasteiger partial charge in [-0.15, -0.1) is 12.4 Å². The number of methoxy groups -OCH3 is 1. The SMILES string of the molecule is COCCNCCNC(=O)CCc1ccccc1Cl.Cl. The average molecular weight is 321 g/mol. The van der Waals surface area contributed by atoms with Gasteiger partial charge in [-0.05, 0) is 18.1 Å². The molecule has 0 fully saturated rings. The number of amides is 1. The summed E-state index contributed by atoms with van der Waals surface area (Å²) in [7, 11) is 1.66. The van der Waals surface area contributed by atoms with Crippen LogP contribution in [-0.4, -0.2) is 39.3 Å². The van der Waals surface area contributed by atoms with E-state index in [1.54, 1.807) is 7.11 Å². The van der Waals surface area contributed by atoms with Gasteiger partial charge in [0, 0.05) is 38.2 Å². The van der Waals surface area contributed by atoms with Gasteiger partial charge in [-0.2, -0.15) is 0 Å². The molecule has 20 heavy (non-hydrogen) atoms. The molecule has 0 aliphatic carbocycles. The second-order valence-electron chi connectivity index (χ2n) is 4.18. The van der Waals surface area contributed by atoms with Crippen molar-refractivity contribution in [2.75, 3.05) is 33.4 Å². The van der Waals surface area contributed by atoms with Gasteiger partial charge in [-0.3, -0.25) is 4.79 Å². The number of hydrogen-bond donors (Lipinski definition) is 2. The number of carbonyl (C=O) groups excluding carboxylic acids is 1. The van der Waals surface area contributed by atoms with Crippen LogP contribution in [0.15, 0.2) is 24.3 Å². The summed E-state index contributed by atoms with van der Waals surface area (Å²) in [6.07, 6.45) is 1.13. The van der Waals surface area contributed by atoms with E-state index in [1.807, 2.05) is 24.3 Å². The molecule has 0 heterocycles. The highest BCUT2D eigenvalue weighted by molar-refractivity contribution is 6.31. The molecule has 0 saturated heterocycles. The van der Waals surface area contributed by atoms with E-state index < -0.39 is 0 Å². The van der Waals surface area contributed by atoms with Crippen LogP contribution >= 0.6 is 24.0 Å². The van der Waals surface area contributed by atoms with Crippen LogP contribution < -0.4 is 10.6 Å². The lowest BCUT2D eigenvalue weighted by atomic mass is 10.1. The Labute approximate surface area is 131 Å². The summed E-state index contributed by atoms with van der Waals surface area (Å²) in [6.45, 7) is 2.86. The van der Waals surface area contributed by atoms with E-state index in [2.05, 4.69) is 10.6 Å². The molecular formula is C14H22Cl2N2O2. The van der Waals surface area contributed by atoms with Crippen LogP contribution in [0, 0.1) is 0 Å². The zero-order valence-corrected chi connectivity index (χ0v) is 13.2. The van der Waals surface area contributed by atoms with Crippen LogP contribution in [-0.2, 0) is 16.0 Å². The number of nitrogens with one attached hydrogen (secondary N) is 2. The van der Waals surface area contributed by atoms with Gasteiger partial charge in [0.05, 0.1) is 6.61 Å². The van der Waals surface area contributed by atoms with Gasteiger partial charge < -0.3 is 15.4 Å². The summed E-state index contributed by atoms with van der Waals surface area (Å²) >= 11 is 6.03. The molecule has 0 bridgehead atoms. The van der Waals surface area contributed by atoms with E-state index in [0.29, 0.717) is 26.0 Å². The first-order valence-electron chi connectivity index (χ1n) is 6.44. The first-order valence-corrected chi connectivity index (χ1v) is 6.81. The van der Waals surface area contributed by atoms with Crippen molar-refractivity contribution < 1.29 is 9.53 Å². The zero-order valence-electron chi connectivity index (χ0n) is 11.7. The molecule has 1 aromatic carbocycles. The fraction of sp³-hybridized carbons (Fsp3) is 0.500. The molecule has 0 saturated carbocycles. The molecule has 114 valence electrons. The largest absolute Gasteiger partial charge is 0.383 e. The van der Waals surface area contributed by atoms with Crippen molar-refractivity contribution >= 4 is 29.9 Å². The number of halogens is 2. The maximum absolute atomic E-state index is 11.6.